The second-order valence-corrected chi connectivity index (χ2v) is 38.0. The summed E-state index contributed by atoms with van der Waals surface area (Å²) in [6.45, 7) is 18.9. The Morgan fingerprint density at radius 1 is 0.518 bits per heavy atom. The molecule has 2 aromatic heterocycles. The highest BCUT2D eigenvalue weighted by Crippen LogP contribution is 2.59. The fourth-order valence-electron chi connectivity index (χ4n) is 16.5. The number of Topliss-reactive ketones (excluding diaryl/α,β-unsaturated/α-hetero) is 2. The Morgan fingerprint density at radius 2 is 0.873 bits per heavy atom. The highest BCUT2D eigenvalue weighted by molar-refractivity contribution is 7.91. The predicted octanol–water partition coefficient (Wildman–Crippen LogP) is 11.1. The lowest BCUT2D eigenvalue weighted by Crippen LogP contribution is -2.47. The molecule has 0 bridgehead atoms. The summed E-state index contributed by atoms with van der Waals surface area (Å²) >= 11 is 0. The molecule has 4 aliphatic heterocycles. The lowest BCUT2D eigenvalue weighted by atomic mass is 9.82. The van der Waals surface area contributed by atoms with E-state index in [9.17, 15) is 55.2 Å². The largest absolute Gasteiger partial charge is 0.493 e. The molecular weight excluding hydrogens is 1450 g/mol. The maximum Gasteiger partial charge on any atom is 0.307 e. The molecule has 26 nitrogen and oxygen atoms in total. The first-order chi connectivity index (χ1) is 51.9. The Labute approximate surface area is 646 Å². The lowest BCUT2D eigenvalue weighted by Gasteiger charge is -2.32. The third-order valence-corrected chi connectivity index (χ3v) is 26.6. The van der Waals surface area contributed by atoms with E-state index in [2.05, 4.69) is 33.3 Å². The van der Waals surface area contributed by atoms with E-state index in [1.165, 1.54) is 24.0 Å². The molecule has 6 heterocycles. The van der Waals surface area contributed by atoms with Crippen LogP contribution >= 0.6 is 0 Å². The van der Waals surface area contributed by atoms with Gasteiger partial charge in [-0.2, -0.15) is 0 Å². The van der Waals surface area contributed by atoms with Crippen molar-refractivity contribution in [2.45, 2.75) is 231 Å². The van der Waals surface area contributed by atoms with E-state index in [1.807, 2.05) is 62.4 Å². The van der Waals surface area contributed by atoms with E-state index in [0.29, 0.717) is 85.1 Å². The fraction of sp³-hybridized carbons (Fsp3) is 0.634. The number of nitrogens with zero attached hydrogens (tertiary/aromatic N) is 4. The topological polar surface area (TPSA) is 335 Å². The predicted molar refractivity (Wildman–Crippen MR) is 410 cm³/mol. The number of hydrogen-bond donors (Lipinski definition) is 2. The van der Waals surface area contributed by atoms with Crippen LogP contribution in [0.3, 0.4) is 0 Å². The number of ether oxygens (including phenoxy) is 8. The molecule has 2 aromatic carbocycles. The van der Waals surface area contributed by atoms with Gasteiger partial charge in [-0.1, -0.05) is 52.0 Å². The Balaban J connectivity index is 0.000000218. The third kappa shape index (κ3) is 19.4. The number of pyridine rings is 2. The van der Waals surface area contributed by atoms with Crippen molar-refractivity contribution < 1.29 is 93.1 Å². The van der Waals surface area contributed by atoms with Crippen LogP contribution in [0.2, 0.25) is 0 Å². The number of allylic oxidation sites excluding steroid dienone is 4. The van der Waals surface area contributed by atoms with E-state index < -0.39 is 112 Å². The van der Waals surface area contributed by atoms with Gasteiger partial charge in [0.05, 0.1) is 99.6 Å². The van der Waals surface area contributed by atoms with E-state index in [0.717, 1.165) is 36.5 Å². The van der Waals surface area contributed by atoms with Crippen molar-refractivity contribution in [3.05, 3.63) is 73.1 Å². The molecule has 14 atom stereocenters. The number of esters is 2. The molecule has 0 spiro atoms. The molecule has 4 aromatic rings. The summed E-state index contributed by atoms with van der Waals surface area (Å²) in [5.41, 5.74) is -4.03. The van der Waals surface area contributed by atoms with Gasteiger partial charge in [-0.15, -0.1) is 0 Å². The van der Waals surface area contributed by atoms with Gasteiger partial charge >= 0.3 is 11.9 Å². The van der Waals surface area contributed by atoms with Crippen LogP contribution in [0.1, 0.15) is 185 Å². The maximum absolute atomic E-state index is 14.9. The number of benzene rings is 2. The van der Waals surface area contributed by atoms with Crippen molar-refractivity contribution in [3.63, 3.8) is 0 Å². The first kappa shape index (κ1) is 82.6. The summed E-state index contributed by atoms with van der Waals surface area (Å²) in [6, 6.07) is 8.79. The molecule has 110 heavy (non-hydrogen) atoms. The molecule has 0 unspecified atom stereocenters. The summed E-state index contributed by atoms with van der Waals surface area (Å²) < 4.78 is 103. The van der Waals surface area contributed by atoms with E-state index in [-0.39, 0.29) is 122 Å². The highest BCUT2D eigenvalue weighted by atomic mass is 32.2. The molecular formula is C82H110N6O20S2. The number of nitrogens with one attached hydrogen (secondary N) is 2. The zero-order valence-electron chi connectivity index (χ0n) is 65.9. The van der Waals surface area contributed by atoms with Gasteiger partial charge in [-0.05, 0) is 201 Å². The van der Waals surface area contributed by atoms with Crippen molar-refractivity contribution in [1.29, 1.82) is 0 Å². The normalized spacial score (nSPS) is 29.6. The quantitative estimate of drug-likeness (QED) is 0.0690. The van der Waals surface area contributed by atoms with Crippen LogP contribution in [-0.4, -0.2) is 171 Å². The number of fused-ring (bicyclic) bond motifs is 6. The van der Waals surface area contributed by atoms with Gasteiger partial charge in [0.15, 0.2) is 34.6 Å². The Kier molecular flexibility index (Phi) is 24.9. The van der Waals surface area contributed by atoms with Gasteiger partial charge in [0.2, 0.25) is 55.4 Å². The molecule has 600 valence electrons. The number of methoxy groups -OCH3 is 4. The average molecular weight is 1560 g/mol. The molecule has 4 amide bonds. The number of ketones is 2. The molecule has 2 N–H and O–H groups in total. The maximum atomic E-state index is 14.9. The van der Waals surface area contributed by atoms with Crippen LogP contribution in [-0.2, 0) is 67.9 Å². The first-order valence-corrected chi connectivity index (χ1v) is 41.9. The van der Waals surface area contributed by atoms with Gasteiger partial charge in [-0.25, -0.2) is 26.8 Å². The third-order valence-electron chi connectivity index (χ3n) is 23.0. The second-order valence-electron chi connectivity index (χ2n) is 34.1. The summed E-state index contributed by atoms with van der Waals surface area (Å²) in [7, 11) is -1.56. The van der Waals surface area contributed by atoms with Crippen molar-refractivity contribution >= 4 is 88.7 Å². The number of hydrogen-bond acceptors (Lipinski definition) is 22. The summed E-state index contributed by atoms with van der Waals surface area (Å²) in [4.78, 5) is 125. The number of rotatable bonds is 18. The van der Waals surface area contributed by atoms with Crippen molar-refractivity contribution in [1.82, 2.24) is 29.2 Å². The number of amides is 4. The summed E-state index contributed by atoms with van der Waals surface area (Å²) in [5, 5.41) is 1.65. The van der Waals surface area contributed by atoms with E-state index in [4.69, 9.17) is 37.9 Å². The van der Waals surface area contributed by atoms with Crippen molar-refractivity contribution in [2.75, 3.05) is 41.5 Å². The Hall–Kier alpha value is -8.40. The smallest absolute Gasteiger partial charge is 0.307 e. The summed E-state index contributed by atoms with van der Waals surface area (Å²) in [6.07, 6.45) is 16.2. The van der Waals surface area contributed by atoms with Crippen LogP contribution in [0.5, 0.6) is 34.8 Å². The fourth-order valence-corrected chi connectivity index (χ4v) is 19.3. The summed E-state index contributed by atoms with van der Waals surface area (Å²) in [5.74, 6) is -3.46. The van der Waals surface area contributed by atoms with Gasteiger partial charge in [0.25, 0.3) is 0 Å². The minimum atomic E-state index is -3.86. The monoisotopic (exact) mass is 1560 g/mol. The molecule has 6 fully saturated rings. The van der Waals surface area contributed by atoms with E-state index >= 15 is 0 Å². The minimum Gasteiger partial charge on any atom is -0.493 e. The van der Waals surface area contributed by atoms with Crippen LogP contribution in [0.15, 0.2) is 73.1 Å². The highest BCUT2D eigenvalue weighted by Gasteiger charge is 2.63. The van der Waals surface area contributed by atoms with E-state index in [1.54, 1.807) is 80.3 Å². The zero-order chi connectivity index (χ0) is 79.7. The molecule has 8 aliphatic rings. The minimum absolute atomic E-state index is 0.0340. The molecule has 4 aliphatic carbocycles. The first-order valence-electron chi connectivity index (χ1n) is 38.8. The molecule has 12 rings (SSSR count). The number of carbonyl (C=O) groups excluding carboxylic acids is 8. The molecule has 2 saturated heterocycles. The van der Waals surface area contributed by atoms with Crippen LogP contribution in [0.25, 0.3) is 21.5 Å². The van der Waals surface area contributed by atoms with Gasteiger partial charge < -0.3 is 47.7 Å². The lowest BCUT2D eigenvalue weighted by molar-refractivity contribution is -0.160. The van der Waals surface area contributed by atoms with Crippen molar-refractivity contribution in [2.24, 2.45) is 58.2 Å². The molecule has 28 heteroatoms. The average Bonchev–Trinajstić information content (AvgIpc) is 1.58. The van der Waals surface area contributed by atoms with Gasteiger partial charge in [0, 0.05) is 48.8 Å². The van der Waals surface area contributed by atoms with Crippen molar-refractivity contribution in [3.8, 4) is 34.8 Å². The molecule has 0 radical (unpaired) electrons. The van der Waals surface area contributed by atoms with Gasteiger partial charge in [-0.3, -0.25) is 47.8 Å². The number of carbonyl (C=O) groups is 8. The zero-order valence-corrected chi connectivity index (χ0v) is 67.6. The number of sulfonamides is 2. The van der Waals surface area contributed by atoms with Gasteiger partial charge in [0.1, 0.15) is 23.4 Å². The van der Waals surface area contributed by atoms with Crippen LogP contribution in [0.4, 0.5) is 0 Å². The van der Waals surface area contributed by atoms with Crippen LogP contribution < -0.4 is 37.9 Å². The standard InChI is InChI=1S/2C41H55N3O10S/c2*1-24-10-8-9-11-27-21-41(27,39(48)43-55(49,50)29-12-13-29)22-33(45)32-18-28(53-37-31-19-35(52-7)34(51-6)17-26(31)14-15-42-37)23-44(32)38(47)30(25(2)16-24)20-36(46)54-40(3,4)5/h2*9,11,14-15,17,19,24-25,27-30,32H,8,10,12-13,16,18,20-23H2,1-7H3,(H,43,48)/b2*11-9-/t24-,25+,27+,28+,30-,32-,41+;24-,25-,27-,28-,30+,32+,41-/m01/s1. The SMILES string of the molecule is COc1cc2ccnc(O[C@@H]3C[C@H]4C(=O)C[C@]5(C(=O)NS(=O)(=O)C6CC6)C[C@H]5/C=C\CC[C@@H](C)C[C@@H](C)[C@H](CC(=O)OC(C)(C)C)C(=O)N4C3)c2cc1OC.COc1cc2ccnc(O[C@@H]3C[C@H]4C(=O)C[C@]5(C(=O)NS(=O)(=O)C6CC6)C[C@H]5/C=C\CC[C@H](C)C[C@@H](C)[C@H](CC(=O)OC(C)(C)C)C(=O)N4C3)c2cc1OC. The number of aromatic nitrogens is 2. The second kappa shape index (κ2) is 33.1. The molecule has 4 saturated carbocycles. The Bertz CT molecular complexity index is 4190. The Morgan fingerprint density at radius 3 is 1.21 bits per heavy atom. The van der Waals surface area contributed by atoms with Crippen LogP contribution in [0, 0.1) is 58.2 Å².